The molecule has 12 heteroatoms. The molecular weight excluding hydrogens is 550 g/mol. The first-order valence-electron chi connectivity index (χ1n) is 13.2. The molecule has 42 heavy (non-hydrogen) atoms. The highest BCUT2D eigenvalue weighted by atomic mass is 19.1. The van der Waals surface area contributed by atoms with Crippen LogP contribution in [0.25, 0.3) is 10.9 Å². The minimum absolute atomic E-state index is 0.0658. The van der Waals surface area contributed by atoms with Crippen LogP contribution in [0.1, 0.15) is 16.8 Å². The van der Waals surface area contributed by atoms with Crippen molar-refractivity contribution in [3.8, 4) is 28.7 Å². The molecule has 0 radical (unpaired) electrons. The quantitative estimate of drug-likeness (QED) is 0.185. The van der Waals surface area contributed by atoms with Gasteiger partial charge in [0.1, 0.15) is 24.2 Å². The van der Waals surface area contributed by atoms with E-state index in [1.807, 2.05) is 7.05 Å². The molecule has 222 valence electrons. The number of hydrogen-bond donors (Lipinski definition) is 2. The van der Waals surface area contributed by atoms with Gasteiger partial charge in [-0.3, -0.25) is 14.8 Å². The van der Waals surface area contributed by atoms with Crippen LogP contribution in [0.15, 0.2) is 55.0 Å². The molecule has 2 aromatic heterocycles. The van der Waals surface area contributed by atoms with Crippen molar-refractivity contribution >= 4 is 22.9 Å². The third-order valence-electron chi connectivity index (χ3n) is 6.21. The number of benzene rings is 2. The molecule has 0 aliphatic carbocycles. The zero-order chi connectivity index (χ0) is 29.9. The van der Waals surface area contributed by atoms with E-state index in [-0.39, 0.29) is 11.9 Å². The van der Waals surface area contributed by atoms with Gasteiger partial charge >= 0.3 is 0 Å². The fourth-order valence-electron chi connectivity index (χ4n) is 4.04. The lowest BCUT2D eigenvalue weighted by Gasteiger charge is -2.14. The number of halogens is 2. The number of methoxy groups -OCH3 is 1. The van der Waals surface area contributed by atoms with Crippen LogP contribution in [0.5, 0.6) is 28.7 Å². The number of carbonyl (C=O) groups is 1. The van der Waals surface area contributed by atoms with Crippen molar-refractivity contribution in [3.63, 3.8) is 0 Å². The number of nitrogens with one attached hydrogen (secondary N) is 2. The molecule has 0 amide bonds. The molecule has 0 saturated carbocycles. The van der Waals surface area contributed by atoms with E-state index in [1.54, 1.807) is 31.4 Å². The number of likely N-dealkylation sites (N-methyl/N-ethyl adjacent to an activating group) is 1. The third-order valence-corrected chi connectivity index (χ3v) is 6.21. The molecule has 1 unspecified atom stereocenters. The number of fused-ring (bicyclic) bond motifs is 1. The van der Waals surface area contributed by atoms with Crippen molar-refractivity contribution in [2.45, 2.75) is 12.5 Å². The zero-order valence-electron chi connectivity index (χ0n) is 23.5. The van der Waals surface area contributed by atoms with Crippen LogP contribution in [-0.4, -0.2) is 69.9 Å². The predicted molar refractivity (Wildman–Crippen MR) is 153 cm³/mol. The first kappa shape index (κ1) is 30.4. The number of anilines is 1. The summed E-state index contributed by atoms with van der Waals surface area (Å²) in [5.41, 5.74) is 1.34. The molecule has 2 aromatic carbocycles. The van der Waals surface area contributed by atoms with Gasteiger partial charge in [-0.15, -0.1) is 0 Å². The maximum absolute atomic E-state index is 14.3. The molecule has 1 aliphatic rings. The number of carbonyl (C=O) groups excluding carboxylic acids is 1. The Morgan fingerprint density at radius 1 is 1.05 bits per heavy atom. The molecule has 1 aliphatic heterocycles. The molecular formula is C30H32F2N4O6. The number of aromatic nitrogens is 2. The van der Waals surface area contributed by atoms with Crippen LogP contribution < -0.4 is 29.6 Å². The van der Waals surface area contributed by atoms with Gasteiger partial charge < -0.3 is 34.3 Å². The highest BCUT2D eigenvalue weighted by Crippen LogP contribution is 2.38. The van der Waals surface area contributed by atoms with E-state index in [0.29, 0.717) is 59.2 Å². The maximum Gasteiger partial charge on any atom is 0.198 e. The average Bonchev–Trinajstić information content (AvgIpc) is 3.52. The van der Waals surface area contributed by atoms with Gasteiger partial charge in [0.15, 0.2) is 35.2 Å². The molecule has 1 saturated heterocycles. The van der Waals surface area contributed by atoms with Gasteiger partial charge in [0.05, 0.1) is 31.4 Å². The van der Waals surface area contributed by atoms with Crippen LogP contribution in [0, 0.1) is 11.6 Å². The minimum atomic E-state index is -0.812. The number of pyridine rings is 2. The summed E-state index contributed by atoms with van der Waals surface area (Å²) in [5.74, 6) is -0.287. The van der Waals surface area contributed by atoms with E-state index < -0.39 is 17.4 Å². The van der Waals surface area contributed by atoms with Gasteiger partial charge in [0.25, 0.3) is 0 Å². The Hall–Kier alpha value is -4.55. The van der Waals surface area contributed by atoms with E-state index in [0.717, 1.165) is 31.4 Å². The van der Waals surface area contributed by atoms with Crippen LogP contribution in [0.4, 0.5) is 14.5 Å². The molecule has 0 bridgehead atoms. The molecule has 2 N–H and O–H groups in total. The van der Waals surface area contributed by atoms with Crippen molar-refractivity contribution in [2.75, 3.05) is 52.9 Å². The van der Waals surface area contributed by atoms with E-state index >= 15 is 0 Å². The Kier molecular flexibility index (Phi) is 10.8. The maximum atomic E-state index is 14.3. The first-order chi connectivity index (χ1) is 20.5. The van der Waals surface area contributed by atoms with E-state index in [1.165, 1.54) is 25.6 Å². The van der Waals surface area contributed by atoms with Crippen molar-refractivity contribution in [1.82, 2.24) is 15.3 Å². The Morgan fingerprint density at radius 3 is 2.50 bits per heavy atom. The van der Waals surface area contributed by atoms with Crippen molar-refractivity contribution in [3.05, 3.63) is 72.2 Å². The normalized spacial score (nSPS) is 14.1. The molecule has 5 rings (SSSR count). The summed E-state index contributed by atoms with van der Waals surface area (Å²) in [4.78, 5) is 18.8. The van der Waals surface area contributed by atoms with Gasteiger partial charge in [0, 0.05) is 67.9 Å². The summed E-state index contributed by atoms with van der Waals surface area (Å²) in [6.07, 6.45) is 6.30. The number of hydrogen-bond acceptors (Lipinski definition) is 10. The van der Waals surface area contributed by atoms with Gasteiger partial charge in [0.2, 0.25) is 0 Å². The SMILES string of the molecule is CNCCOc1cc2nccc(Oc3c(F)cc(NC)cc3F)c2cc1OC.O=Cc1cnccc1OC1CCOC1. The van der Waals surface area contributed by atoms with Crippen LogP contribution >= 0.6 is 0 Å². The Bertz CT molecular complexity index is 1480. The summed E-state index contributed by atoms with van der Waals surface area (Å²) in [7, 11) is 4.92. The zero-order valence-corrected chi connectivity index (χ0v) is 23.5. The Balaban J connectivity index is 0.000000241. The van der Waals surface area contributed by atoms with E-state index in [4.69, 9.17) is 23.7 Å². The van der Waals surface area contributed by atoms with Crippen LogP contribution in [0.2, 0.25) is 0 Å². The van der Waals surface area contributed by atoms with Crippen LogP contribution in [-0.2, 0) is 4.74 Å². The standard InChI is InChI=1S/C20H21F2N3O3.C10H11NO3/c1-23-6-7-27-19-11-16-13(10-18(19)26-3)17(4-5-25-16)28-20-14(21)8-12(24-2)9-15(20)22;12-6-8-5-11-3-1-10(8)14-9-2-4-13-7-9/h4-5,8-11,23-24H,6-7H2,1-3H3;1,3,5-6,9H,2,4,7H2. The summed E-state index contributed by atoms with van der Waals surface area (Å²) in [5, 5.41) is 6.22. The van der Waals surface area contributed by atoms with Gasteiger partial charge in [-0.05, 0) is 25.2 Å². The minimum Gasteiger partial charge on any atom is -0.493 e. The monoisotopic (exact) mass is 582 g/mol. The van der Waals surface area contributed by atoms with Crippen molar-refractivity contribution in [2.24, 2.45) is 0 Å². The summed E-state index contributed by atoms with van der Waals surface area (Å²) >= 11 is 0. The van der Waals surface area contributed by atoms with Gasteiger partial charge in [-0.2, -0.15) is 0 Å². The second kappa shape index (κ2) is 14.9. The topological polar surface area (TPSA) is 113 Å². The number of ether oxygens (including phenoxy) is 5. The van der Waals surface area contributed by atoms with Crippen molar-refractivity contribution < 1.29 is 37.3 Å². The van der Waals surface area contributed by atoms with E-state index in [2.05, 4.69) is 20.6 Å². The average molecular weight is 583 g/mol. The lowest BCUT2D eigenvalue weighted by atomic mass is 10.1. The van der Waals surface area contributed by atoms with Crippen LogP contribution in [0.3, 0.4) is 0 Å². The number of rotatable bonds is 11. The Morgan fingerprint density at radius 2 is 1.83 bits per heavy atom. The first-order valence-corrected chi connectivity index (χ1v) is 13.2. The number of aldehydes is 1. The fourth-order valence-corrected chi connectivity index (χ4v) is 4.04. The third kappa shape index (κ3) is 7.59. The number of nitrogens with zero attached hydrogens (tertiary/aromatic N) is 2. The summed E-state index contributed by atoms with van der Waals surface area (Å²) in [6, 6.07) is 8.93. The molecule has 4 aromatic rings. The van der Waals surface area contributed by atoms with E-state index in [9.17, 15) is 13.6 Å². The predicted octanol–water partition coefficient (Wildman–Crippen LogP) is 5.02. The summed E-state index contributed by atoms with van der Waals surface area (Å²) in [6.45, 7) is 2.44. The van der Waals surface area contributed by atoms with Gasteiger partial charge in [-0.1, -0.05) is 0 Å². The smallest absolute Gasteiger partial charge is 0.198 e. The highest BCUT2D eigenvalue weighted by molar-refractivity contribution is 5.88. The second-order valence-corrected chi connectivity index (χ2v) is 9.04. The van der Waals surface area contributed by atoms with Gasteiger partial charge in [-0.25, -0.2) is 8.78 Å². The molecule has 1 fully saturated rings. The summed E-state index contributed by atoms with van der Waals surface area (Å²) < 4.78 is 56.0. The lowest BCUT2D eigenvalue weighted by Crippen LogP contribution is -2.16. The highest BCUT2D eigenvalue weighted by Gasteiger charge is 2.19. The molecule has 1 atom stereocenters. The molecule has 3 heterocycles. The lowest BCUT2D eigenvalue weighted by molar-refractivity contribution is 0.111. The van der Waals surface area contributed by atoms with Crippen molar-refractivity contribution in [1.29, 1.82) is 0 Å². The fraction of sp³-hybridized carbons (Fsp3) is 0.300. The second-order valence-electron chi connectivity index (χ2n) is 9.04. The molecule has 0 spiro atoms. The largest absolute Gasteiger partial charge is 0.493 e. The Labute approximate surface area is 241 Å². The molecule has 10 nitrogen and oxygen atoms in total.